The number of benzene rings is 1. The number of nitrogens with one attached hydrogen (secondary N) is 1. The van der Waals surface area contributed by atoms with Crippen LogP contribution in [-0.2, 0) is 33.1 Å². The van der Waals surface area contributed by atoms with Crippen molar-refractivity contribution in [3.63, 3.8) is 0 Å². The molecular weight excluding hydrogens is 404 g/mol. The number of fused-ring (bicyclic) bond motifs is 3. The number of carbonyl (C=O) groups is 3. The molecule has 0 saturated carbocycles. The van der Waals surface area contributed by atoms with Gasteiger partial charge < -0.3 is 24.5 Å². The van der Waals surface area contributed by atoms with Gasteiger partial charge in [-0.1, -0.05) is 6.92 Å². The summed E-state index contributed by atoms with van der Waals surface area (Å²) in [5.41, 5.74) is -0.839. The Balaban J connectivity index is 1.69. The number of aliphatic hydroxyl groups is 1. The molecule has 5 rings (SSSR count). The standard InChI is InChI=1S/C22H18N2O7/c1-3-22(29)14-7-16-18(25)12(8-24(16)20(27)13(14)9-31-21(22)28)17-11-5-4-10(30-2)6-15(11)23-19(17)26/h4-7,29H,3,8-9H2,1-2H3,(H,23,26)/b17-12-/t22-/m1/s1. The van der Waals surface area contributed by atoms with Gasteiger partial charge in [0.15, 0.2) is 5.60 Å². The first kappa shape index (κ1) is 19.3. The van der Waals surface area contributed by atoms with E-state index >= 15 is 0 Å². The predicted molar refractivity (Wildman–Crippen MR) is 108 cm³/mol. The van der Waals surface area contributed by atoms with Gasteiger partial charge in [0, 0.05) is 22.8 Å². The van der Waals surface area contributed by atoms with Crippen molar-refractivity contribution in [1.29, 1.82) is 0 Å². The molecule has 0 aliphatic carbocycles. The zero-order valence-corrected chi connectivity index (χ0v) is 16.8. The summed E-state index contributed by atoms with van der Waals surface area (Å²) in [5.74, 6) is -1.24. The van der Waals surface area contributed by atoms with Gasteiger partial charge in [-0.05, 0) is 24.6 Å². The molecule has 2 aromatic rings. The minimum Gasteiger partial charge on any atom is -0.497 e. The van der Waals surface area contributed by atoms with E-state index in [0.717, 1.165) is 0 Å². The molecule has 0 spiro atoms. The number of methoxy groups -OCH3 is 1. The van der Waals surface area contributed by atoms with Gasteiger partial charge in [0.2, 0.25) is 5.78 Å². The number of allylic oxidation sites excluding steroid dienone is 1. The second kappa shape index (κ2) is 6.39. The Labute approximate surface area is 175 Å². The van der Waals surface area contributed by atoms with Crippen LogP contribution in [0.2, 0.25) is 0 Å². The Morgan fingerprint density at radius 2 is 2.00 bits per heavy atom. The van der Waals surface area contributed by atoms with Crippen LogP contribution in [0.15, 0.2) is 34.6 Å². The molecule has 9 heteroatoms. The maximum atomic E-state index is 13.3. The number of Topliss-reactive ketones (excluding diaryl/α,β-unsaturated/α-hetero) is 1. The first-order valence-electron chi connectivity index (χ1n) is 9.74. The molecule has 0 unspecified atom stereocenters. The third-order valence-electron chi connectivity index (χ3n) is 6.14. The van der Waals surface area contributed by atoms with Crippen molar-refractivity contribution in [3.8, 4) is 5.75 Å². The molecule has 0 fully saturated rings. The molecule has 0 radical (unpaired) electrons. The van der Waals surface area contributed by atoms with Gasteiger partial charge in [-0.25, -0.2) is 4.79 Å². The highest BCUT2D eigenvalue weighted by atomic mass is 16.6. The van der Waals surface area contributed by atoms with E-state index in [1.54, 1.807) is 25.1 Å². The molecule has 0 saturated heterocycles. The zero-order chi connectivity index (χ0) is 22.1. The number of ether oxygens (including phenoxy) is 2. The van der Waals surface area contributed by atoms with Gasteiger partial charge in [-0.2, -0.15) is 0 Å². The molecule has 1 atom stereocenters. The van der Waals surface area contributed by atoms with Gasteiger partial charge >= 0.3 is 5.97 Å². The fourth-order valence-electron chi connectivity index (χ4n) is 4.40. The Morgan fingerprint density at radius 1 is 1.23 bits per heavy atom. The molecule has 9 nitrogen and oxygen atoms in total. The van der Waals surface area contributed by atoms with Gasteiger partial charge in [-0.15, -0.1) is 0 Å². The van der Waals surface area contributed by atoms with Crippen molar-refractivity contribution in [2.75, 3.05) is 12.4 Å². The molecule has 1 amide bonds. The van der Waals surface area contributed by atoms with Crippen molar-refractivity contribution >= 4 is 28.9 Å². The van der Waals surface area contributed by atoms with Crippen LogP contribution < -0.4 is 15.6 Å². The molecular formula is C22H18N2O7. The summed E-state index contributed by atoms with van der Waals surface area (Å²) >= 11 is 0. The number of pyridine rings is 1. The maximum absolute atomic E-state index is 13.3. The summed E-state index contributed by atoms with van der Waals surface area (Å²) in [6, 6.07) is 6.39. The number of anilines is 1. The van der Waals surface area contributed by atoms with E-state index in [1.165, 1.54) is 17.7 Å². The SMILES string of the molecule is CC[C@]1(O)C(=O)OCc2c1cc1n(c2=O)C/C(=C2/C(=O)Nc3cc(OC)ccc32)C1=O. The molecule has 1 aromatic carbocycles. The van der Waals surface area contributed by atoms with Crippen LogP contribution in [-0.4, -0.2) is 34.4 Å². The van der Waals surface area contributed by atoms with Crippen LogP contribution >= 0.6 is 0 Å². The third-order valence-corrected chi connectivity index (χ3v) is 6.14. The molecule has 3 aliphatic heterocycles. The summed E-state index contributed by atoms with van der Waals surface area (Å²) in [7, 11) is 1.51. The van der Waals surface area contributed by atoms with E-state index < -0.39 is 28.8 Å². The first-order chi connectivity index (χ1) is 14.8. The number of nitrogens with zero attached hydrogens (tertiary/aromatic N) is 1. The Bertz CT molecular complexity index is 1300. The van der Waals surface area contributed by atoms with Gasteiger partial charge in [-0.3, -0.25) is 14.4 Å². The smallest absolute Gasteiger partial charge is 0.343 e. The Hall–Kier alpha value is -3.72. The number of rotatable bonds is 2. The second-order valence-corrected chi connectivity index (χ2v) is 7.65. The summed E-state index contributed by atoms with van der Waals surface area (Å²) in [5, 5.41) is 13.5. The lowest BCUT2D eigenvalue weighted by Gasteiger charge is -2.31. The molecule has 4 heterocycles. The fraction of sp³-hybridized carbons (Fsp3) is 0.273. The summed E-state index contributed by atoms with van der Waals surface area (Å²) in [4.78, 5) is 51.2. The molecule has 3 aliphatic rings. The van der Waals surface area contributed by atoms with Crippen molar-refractivity contribution < 1.29 is 29.0 Å². The number of aromatic nitrogens is 1. The number of amides is 1. The quantitative estimate of drug-likeness (QED) is 0.549. The maximum Gasteiger partial charge on any atom is 0.343 e. The van der Waals surface area contributed by atoms with E-state index in [2.05, 4.69) is 5.32 Å². The van der Waals surface area contributed by atoms with E-state index in [-0.39, 0.29) is 47.5 Å². The number of hydrogen-bond acceptors (Lipinski definition) is 7. The second-order valence-electron chi connectivity index (χ2n) is 7.65. The number of ketones is 1. The van der Waals surface area contributed by atoms with Crippen molar-refractivity contribution in [1.82, 2.24) is 4.57 Å². The highest BCUT2D eigenvalue weighted by Gasteiger charge is 2.46. The minimum absolute atomic E-state index is 0.0124. The van der Waals surface area contributed by atoms with E-state index in [1.807, 2.05) is 0 Å². The van der Waals surface area contributed by atoms with E-state index in [0.29, 0.717) is 17.0 Å². The van der Waals surface area contributed by atoms with Crippen LogP contribution in [0.4, 0.5) is 5.69 Å². The fourth-order valence-corrected chi connectivity index (χ4v) is 4.40. The lowest BCUT2D eigenvalue weighted by atomic mass is 9.86. The molecule has 0 bridgehead atoms. The van der Waals surface area contributed by atoms with Gasteiger partial charge in [0.25, 0.3) is 11.5 Å². The zero-order valence-electron chi connectivity index (χ0n) is 16.8. The molecule has 1 aromatic heterocycles. The number of hydrogen-bond donors (Lipinski definition) is 2. The van der Waals surface area contributed by atoms with Crippen LogP contribution in [0.3, 0.4) is 0 Å². The van der Waals surface area contributed by atoms with Crippen LogP contribution in [0.25, 0.3) is 5.57 Å². The summed E-state index contributed by atoms with van der Waals surface area (Å²) in [6.07, 6.45) is -0.0124. The third kappa shape index (κ3) is 2.46. The average molecular weight is 422 g/mol. The molecule has 31 heavy (non-hydrogen) atoms. The lowest BCUT2D eigenvalue weighted by molar-refractivity contribution is -0.172. The largest absolute Gasteiger partial charge is 0.497 e. The first-order valence-corrected chi connectivity index (χ1v) is 9.74. The van der Waals surface area contributed by atoms with Gasteiger partial charge in [0.05, 0.1) is 36.2 Å². The Kier molecular flexibility index (Phi) is 3.97. The van der Waals surface area contributed by atoms with E-state index in [9.17, 15) is 24.3 Å². The monoisotopic (exact) mass is 422 g/mol. The summed E-state index contributed by atoms with van der Waals surface area (Å²) in [6.45, 7) is 1.22. The normalized spacial score (nSPS) is 23.8. The number of cyclic esters (lactones) is 1. The van der Waals surface area contributed by atoms with E-state index in [4.69, 9.17) is 9.47 Å². The molecule has 2 N–H and O–H groups in total. The lowest BCUT2D eigenvalue weighted by Crippen LogP contribution is -2.44. The van der Waals surface area contributed by atoms with Gasteiger partial charge in [0.1, 0.15) is 12.4 Å². The number of esters is 1. The Morgan fingerprint density at radius 3 is 2.71 bits per heavy atom. The predicted octanol–water partition coefficient (Wildman–Crippen LogP) is 1.11. The highest BCUT2D eigenvalue weighted by Crippen LogP contribution is 2.40. The topological polar surface area (TPSA) is 124 Å². The van der Waals surface area contributed by atoms with Crippen LogP contribution in [0.5, 0.6) is 5.75 Å². The van der Waals surface area contributed by atoms with Crippen molar-refractivity contribution in [2.45, 2.75) is 32.1 Å². The van der Waals surface area contributed by atoms with Crippen LogP contribution in [0.1, 0.15) is 40.5 Å². The average Bonchev–Trinajstić information content (AvgIpc) is 3.26. The van der Waals surface area contributed by atoms with Crippen molar-refractivity contribution in [2.24, 2.45) is 0 Å². The summed E-state index contributed by atoms with van der Waals surface area (Å²) < 4.78 is 11.4. The molecule has 158 valence electrons. The highest BCUT2D eigenvalue weighted by molar-refractivity contribution is 6.37. The minimum atomic E-state index is -1.99. The number of carbonyl (C=O) groups excluding carboxylic acids is 3. The van der Waals surface area contributed by atoms with Crippen molar-refractivity contribution in [3.05, 3.63) is 62.6 Å². The van der Waals surface area contributed by atoms with Crippen LogP contribution in [0, 0.1) is 0 Å².